The van der Waals surface area contributed by atoms with Gasteiger partial charge in [0.25, 0.3) is 0 Å². The molecule has 0 radical (unpaired) electrons. The van der Waals surface area contributed by atoms with E-state index in [9.17, 15) is 58.5 Å². The summed E-state index contributed by atoms with van der Waals surface area (Å²) in [6.45, 7) is 0.448. The van der Waals surface area contributed by atoms with Gasteiger partial charge in [-0.25, -0.2) is 4.79 Å². The van der Waals surface area contributed by atoms with E-state index in [0.717, 1.165) is 18.2 Å². The SMILES string of the molecule is CC(=O)c1c(O)cccc1OCOc1cccc(O)c1CC=O.O=C(O)c1cc(=O)c2c(OCOc3cccc4occc(=O)c34)cccc2o1.O=C([O-])c1cc(=O)c2c(OCOc3cccc4o[c-]cc(=O)c34)cccc2o1.O=C=O.O=C=O.O=CCc1c(O)cccc1O.[Na+].[Na+]. The monoisotopic (exact) mass is 1360 g/mol. The van der Waals surface area contributed by atoms with Crippen LogP contribution in [0.1, 0.15) is 49.5 Å². The van der Waals surface area contributed by atoms with E-state index in [1.54, 1.807) is 60.7 Å². The Morgan fingerprint density at radius 2 is 0.847 bits per heavy atom. The predicted octanol–water partition coefficient (Wildman–Crippen LogP) is 0.629. The molecular formula is C67H46Na2O29. The molecule has 0 aliphatic carbocycles. The minimum Gasteiger partial charge on any atom is -0.580 e. The maximum atomic E-state index is 12.3. The van der Waals surface area contributed by atoms with Crippen LogP contribution >= 0.6 is 0 Å². The fourth-order valence-corrected chi connectivity index (χ4v) is 8.50. The van der Waals surface area contributed by atoms with Gasteiger partial charge >= 0.3 is 77.4 Å². The number of Topliss-reactive ketones (excluding diaryl/α,β-unsaturated/α-hetero) is 1. The number of fused-ring (bicyclic) bond motifs is 4. The third-order valence-electron chi connectivity index (χ3n) is 12.5. The summed E-state index contributed by atoms with van der Waals surface area (Å²) in [4.78, 5) is 135. The smallest absolute Gasteiger partial charge is 0.580 e. The van der Waals surface area contributed by atoms with Gasteiger partial charge in [0.1, 0.15) is 115 Å². The van der Waals surface area contributed by atoms with Gasteiger partial charge in [0, 0.05) is 47.8 Å². The molecule has 0 saturated carbocycles. The number of phenolic OH excluding ortho intramolecular Hbond substituents is 4. The van der Waals surface area contributed by atoms with E-state index in [-0.39, 0.29) is 217 Å². The van der Waals surface area contributed by atoms with Crippen LogP contribution in [0.3, 0.4) is 0 Å². The first-order valence-electron chi connectivity index (χ1n) is 27.0. The van der Waals surface area contributed by atoms with Crippen LogP contribution in [0.2, 0.25) is 0 Å². The molecule has 0 aliphatic rings. The average molecular weight is 1360 g/mol. The van der Waals surface area contributed by atoms with Gasteiger partial charge < -0.3 is 95.9 Å². The number of aromatic carboxylic acids is 2. The van der Waals surface area contributed by atoms with Crippen molar-refractivity contribution in [1.82, 2.24) is 0 Å². The fourth-order valence-electron chi connectivity index (χ4n) is 8.50. The van der Waals surface area contributed by atoms with Crippen LogP contribution in [0.25, 0.3) is 43.9 Å². The van der Waals surface area contributed by atoms with Gasteiger partial charge in [-0.1, -0.05) is 54.6 Å². The number of carbonyl (C=O) groups is 5. The molecule has 98 heavy (non-hydrogen) atoms. The maximum Gasteiger partial charge on any atom is 1.00 e. The molecule has 0 bridgehead atoms. The number of aromatic hydroxyl groups is 4. The van der Waals surface area contributed by atoms with Crippen molar-refractivity contribution >= 4 is 86.5 Å². The molecule has 31 heteroatoms. The van der Waals surface area contributed by atoms with E-state index in [4.69, 9.17) is 80.6 Å². The van der Waals surface area contributed by atoms with Crippen LogP contribution in [0.4, 0.5) is 0 Å². The predicted molar refractivity (Wildman–Crippen MR) is 324 cm³/mol. The van der Waals surface area contributed by atoms with Crippen LogP contribution in [0, 0.1) is 6.26 Å². The number of ether oxygens (including phenoxy) is 6. The number of hydrogen-bond donors (Lipinski definition) is 5. The summed E-state index contributed by atoms with van der Waals surface area (Å²) >= 11 is 0. The van der Waals surface area contributed by atoms with E-state index in [2.05, 4.69) is 6.26 Å². The summed E-state index contributed by atoms with van der Waals surface area (Å²) in [6.07, 6.45) is 5.52. The zero-order valence-corrected chi connectivity index (χ0v) is 55.2. The molecule has 4 heterocycles. The number of phenols is 4. The number of carboxylic acids is 2. The van der Waals surface area contributed by atoms with Gasteiger partial charge in [0.05, 0.1) is 11.7 Å². The largest absolute Gasteiger partial charge is 1.00 e. The fraction of sp³-hybridized carbons (Fsp3) is 0.0896. The topological polar surface area (TPSA) is 454 Å². The molecule has 4 aromatic heterocycles. The molecule has 0 amide bonds. The number of carboxylic acid groups (broad SMARTS) is 2. The van der Waals surface area contributed by atoms with Crippen molar-refractivity contribution in [1.29, 1.82) is 0 Å². The second-order valence-electron chi connectivity index (χ2n) is 18.4. The first-order chi connectivity index (χ1) is 46.2. The Bertz CT molecular complexity index is 4710. The molecule has 5 N–H and O–H groups in total. The molecule has 0 aliphatic heterocycles. The second kappa shape index (κ2) is 39.1. The van der Waals surface area contributed by atoms with Crippen molar-refractivity contribution in [3.8, 4) is 57.5 Å². The number of rotatable bonds is 19. The van der Waals surface area contributed by atoms with Gasteiger partial charge in [-0.05, 0) is 97.4 Å². The Labute approximate surface area is 592 Å². The molecule has 7 aromatic carbocycles. The van der Waals surface area contributed by atoms with E-state index >= 15 is 0 Å². The van der Waals surface area contributed by atoms with E-state index in [1.807, 2.05) is 0 Å². The summed E-state index contributed by atoms with van der Waals surface area (Å²) < 4.78 is 53.7. The van der Waals surface area contributed by atoms with Crippen molar-refractivity contribution in [3.05, 3.63) is 233 Å². The molecule has 0 fully saturated rings. The van der Waals surface area contributed by atoms with Gasteiger partial charge in [0.2, 0.25) is 26.1 Å². The molecule has 11 rings (SSSR count). The summed E-state index contributed by atoms with van der Waals surface area (Å²) in [5.74, 6) is -3.32. The average Bonchev–Trinajstić information content (AvgIpc) is 0.805. The molecule has 29 nitrogen and oxygen atoms in total. The molecule has 0 saturated heterocycles. The van der Waals surface area contributed by atoms with E-state index in [1.165, 1.54) is 86.0 Å². The van der Waals surface area contributed by atoms with Crippen LogP contribution in [-0.2, 0) is 41.6 Å². The Morgan fingerprint density at radius 1 is 0.480 bits per heavy atom. The van der Waals surface area contributed by atoms with Gasteiger partial charge in [0.15, 0.2) is 27.8 Å². The van der Waals surface area contributed by atoms with Gasteiger partial charge in [-0.15, -0.1) is 0 Å². The van der Waals surface area contributed by atoms with Crippen molar-refractivity contribution in [2.24, 2.45) is 0 Å². The summed E-state index contributed by atoms with van der Waals surface area (Å²) in [5.41, 5.74) is -0.239. The minimum absolute atomic E-state index is 0. The summed E-state index contributed by atoms with van der Waals surface area (Å²) in [6, 6.07) is 36.3. The Balaban J connectivity index is 0.000000278. The van der Waals surface area contributed by atoms with Crippen LogP contribution in [0.5, 0.6) is 57.5 Å². The molecule has 490 valence electrons. The molecule has 11 aromatic rings. The number of benzene rings is 7. The number of carbonyl (C=O) groups excluding carboxylic acids is 8. The van der Waals surface area contributed by atoms with Gasteiger partial charge in [-0.3, -0.25) is 19.2 Å². The molecular weight excluding hydrogens is 1310 g/mol. The zero-order chi connectivity index (χ0) is 69.8. The first-order valence-corrected chi connectivity index (χ1v) is 27.0. The maximum absolute atomic E-state index is 12.3. The number of aldehydes is 2. The van der Waals surface area contributed by atoms with Crippen LogP contribution in [0.15, 0.2) is 195 Å². The van der Waals surface area contributed by atoms with Crippen molar-refractivity contribution < 1.29 is 179 Å². The van der Waals surface area contributed by atoms with Crippen molar-refractivity contribution in [2.45, 2.75) is 19.8 Å². The number of ketones is 1. The second-order valence-corrected chi connectivity index (χ2v) is 18.4. The Hall–Kier alpha value is -11.9. The number of hydrogen-bond acceptors (Lipinski definition) is 28. The Morgan fingerprint density at radius 3 is 1.33 bits per heavy atom. The molecule has 0 spiro atoms. The van der Waals surface area contributed by atoms with E-state index < -0.39 is 34.3 Å². The third kappa shape index (κ3) is 21.0. The first kappa shape index (κ1) is 78.5. The Kier molecular flexibility index (Phi) is 31.3. The third-order valence-corrected chi connectivity index (χ3v) is 12.5. The standard InChI is InChI=1S/C20H12O8.C20H11O8.C17H16O6.C8H8O3.2CO2.2Na/c2*21-11-7-8-25-13-3-1-4-14(18(11)13)26-10-27-15-5-2-6-16-19(15)12(22)9-17(28-16)20(23)24;1-11(19)17-14(21)5-3-7-16(17)23-10-22-15-6-2-4-13(20)12(15)8-9-18;9-5-4-6-7(10)2-1-3-8(6)11;2*2-1-3;;/h1-9H,10H2,(H,23,24);1-7,9H,10H2,(H,23,24);2-7,9,20-21H,8,10H2,1H3;1-3,5,10-11H,4H2;;;;/q;-1;;;;;2*+1/p-1. The quantitative estimate of drug-likeness (QED) is 0.0244. The zero-order valence-electron chi connectivity index (χ0n) is 51.2. The normalized spacial score (nSPS) is 9.81. The van der Waals surface area contributed by atoms with Crippen molar-refractivity contribution in [3.63, 3.8) is 0 Å². The van der Waals surface area contributed by atoms with Crippen LogP contribution in [-0.4, -0.2) is 88.5 Å². The molecule has 0 atom stereocenters. The van der Waals surface area contributed by atoms with E-state index in [0.29, 0.717) is 35.1 Å². The van der Waals surface area contributed by atoms with Crippen LogP contribution < -0.4 is 114 Å². The summed E-state index contributed by atoms with van der Waals surface area (Å²) in [5, 5.41) is 58.2. The molecule has 0 unspecified atom stereocenters. The van der Waals surface area contributed by atoms with Gasteiger partial charge in [-0.2, -0.15) is 19.2 Å². The minimum atomic E-state index is -1.60. The van der Waals surface area contributed by atoms with Crippen molar-refractivity contribution in [2.75, 3.05) is 20.4 Å². The summed E-state index contributed by atoms with van der Waals surface area (Å²) in [7, 11) is 0.